The number of carbonyl (C=O) groups excluding carboxylic acids is 1. The maximum absolute atomic E-state index is 12.5. The fourth-order valence-electron chi connectivity index (χ4n) is 2.83. The number of nitrogen functional groups attached to an aromatic ring is 1. The third kappa shape index (κ3) is 5.74. The molecule has 8 heteroatoms. The number of nitrogens with zero attached hydrogens (tertiary/aromatic N) is 3. The highest BCUT2D eigenvalue weighted by Gasteiger charge is 2.21. The number of nitrogens with one attached hydrogen (secondary N) is 1. The second-order valence-electron chi connectivity index (χ2n) is 6.88. The molecule has 0 saturated heterocycles. The minimum Gasteiger partial charge on any atom is -0.353 e. The van der Waals surface area contributed by atoms with Crippen molar-refractivity contribution in [3.8, 4) is 11.4 Å². The fourth-order valence-corrected chi connectivity index (χ4v) is 3.73. The number of nitrogens with two attached hydrogens (primary N) is 1. The number of rotatable bonds is 8. The molecule has 6 nitrogen and oxygen atoms in total. The molecule has 0 spiro atoms. The second kappa shape index (κ2) is 9.80. The van der Waals surface area contributed by atoms with Gasteiger partial charge in [0.15, 0.2) is 5.82 Å². The Morgan fingerprint density at radius 1 is 1.14 bits per heavy atom. The normalized spacial score (nSPS) is 13.1. The van der Waals surface area contributed by atoms with Gasteiger partial charge in [0.2, 0.25) is 11.1 Å². The zero-order valence-electron chi connectivity index (χ0n) is 16.4. The molecule has 152 valence electrons. The third-order valence-electron chi connectivity index (χ3n) is 4.52. The molecule has 0 unspecified atom stereocenters. The second-order valence-corrected chi connectivity index (χ2v) is 8.62. The molecule has 29 heavy (non-hydrogen) atoms. The van der Waals surface area contributed by atoms with Crippen LogP contribution < -0.4 is 11.2 Å². The van der Waals surface area contributed by atoms with Gasteiger partial charge in [-0.2, -0.15) is 0 Å². The van der Waals surface area contributed by atoms with Crippen LogP contribution in [0.25, 0.3) is 11.4 Å². The summed E-state index contributed by atoms with van der Waals surface area (Å²) in [5, 5.41) is 12.1. The summed E-state index contributed by atoms with van der Waals surface area (Å²) in [4.78, 5) is 12.5. The topological polar surface area (TPSA) is 85.8 Å². The van der Waals surface area contributed by atoms with Gasteiger partial charge in [-0.15, -0.1) is 10.2 Å². The molecular formula is C21H24ClN5OS. The molecular weight excluding hydrogens is 406 g/mol. The molecule has 0 aliphatic heterocycles. The Kier molecular flexibility index (Phi) is 7.17. The quantitative estimate of drug-likeness (QED) is 0.418. The van der Waals surface area contributed by atoms with Crippen molar-refractivity contribution in [1.82, 2.24) is 20.2 Å². The summed E-state index contributed by atoms with van der Waals surface area (Å²) in [6.45, 7) is 3.85. The molecule has 0 saturated carbocycles. The summed E-state index contributed by atoms with van der Waals surface area (Å²) in [6.07, 6.45) is 1.80. The van der Waals surface area contributed by atoms with Crippen LogP contribution in [-0.4, -0.2) is 32.1 Å². The highest BCUT2D eigenvalue weighted by Crippen LogP contribution is 2.25. The van der Waals surface area contributed by atoms with Crippen molar-refractivity contribution in [1.29, 1.82) is 0 Å². The Balaban J connectivity index is 1.55. The molecule has 0 radical (unpaired) electrons. The first-order chi connectivity index (χ1) is 13.9. The summed E-state index contributed by atoms with van der Waals surface area (Å²) < 4.78 is 1.40. The molecule has 2 atom stereocenters. The molecule has 0 bridgehead atoms. The molecule has 0 fully saturated rings. The first-order valence-electron chi connectivity index (χ1n) is 9.41. The van der Waals surface area contributed by atoms with E-state index in [1.54, 1.807) is 12.1 Å². The van der Waals surface area contributed by atoms with Crippen LogP contribution >= 0.6 is 23.4 Å². The van der Waals surface area contributed by atoms with Crippen molar-refractivity contribution in [2.24, 2.45) is 0 Å². The highest BCUT2D eigenvalue weighted by atomic mass is 35.5. The molecule has 2 aromatic carbocycles. The van der Waals surface area contributed by atoms with Crippen molar-refractivity contribution >= 4 is 29.3 Å². The predicted molar refractivity (Wildman–Crippen MR) is 118 cm³/mol. The molecule has 0 aliphatic rings. The lowest BCUT2D eigenvalue weighted by Crippen LogP contribution is -2.38. The van der Waals surface area contributed by atoms with E-state index in [0.29, 0.717) is 16.0 Å². The minimum absolute atomic E-state index is 0.0494. The molecule has 3 rings (SSSR count). The van der Waals surface area contributed by atoms with E-state index >= 15 is 0 Å². The van der Waals surface area contributed by atoms with Crippen molar-refractivity contribution in [2.75, 3.05) is 5.84 Å². The molecule has 1 heterocycles. The SMILES string of the molecule is C[C@H](CCc1ccccc1)NC(=O)[C@@H](C)Sc1nnc(-c2ccc(Cl)cc2)n1N. The summed E-state index contributed by atoms with van der Waals surface area (Å²) in [5.41, 5.74) is 2.07. The average Bonchev–Trinajstić information content (AvgIpc) is 3.08. The Labute approximate surface area is 179 Å². The van der Waals surface area contributed by atoms with Crippen LogP contribution in [0.3, 0.4) is 0 Å². The highest BCUT2D eigenvalue weighted by molar-refractivity contribution is 8.00. The third-order valence-corrected chi connectivity index (χ3v) is 5.82. The lowest BCUT2D eigenvalue weighted by Gasteiger charge is -2.17. The van der Waals surface area contributed by atoms with Crippen LogP contribution in [0.1, 0.15) is 25.8 Å². The maximum Gasteiger partial charge on any atom is 0.233 e. The minimum atomic E-state index is -0.348. The van der Waals surface area contributed by atoms with Gasteiger partial charge in [-0.05, 0) is 56.5 Å². The Hall–Kier alpha value is -2.51. The van der Waals surface area contributed by atoms with E-state index in [1.807, 2.05) is 44.2 Å². The number of halogens is 1. The van der Waals surface area contributed by atoms with Crippen molar-refractivity contribution < 1.29 is 4.79 Å². The van der Waals surface area contributed by atoms with E-state index in [4.69, 9.17) is 17.4 Å². The Morgan fingerprint density at radius 2 is 1.83 bits per heavy atom. The monoisotopic (exact) mass is 429 g/mol. The lowest BCUT2D eigenvalue weighted by atomic mass is 10.1. The van der Waals surface area contributed by atoms with Crippen LogP contribution in [0, 0.1) is 0 Å². The molecule has 3 aromatic rings. The zero-order valence-corrected chi connectivity index (χ0v) is 18.0. The number of carbonyl (C=O) groups is 1. The molecule has 0 aliphatic carbocycles. The number of benzene rings is 2. The van der Waals surface area contributed by atoms with Gasteiger partial charge in [-0.3, -0.25) is 4.79 Å². The number of aromatic nitrogens is 3. The fraction of sp³-hybridized carbons (Fsp3) is 0.286. The number of hydrogen-bond acceptors (Lipinski definition) is 5. The van der Waals surface area contributed by atoms with E-state index in [0.717, 1.165) is 18.4 Å². The van der Waals surface area contributed by atoms with Crippen LogP contribution in [0.4, 0.5) is 0 Å². The van der Waals surface area contributed by atoms with Crippen molar-refractivity contribution in [2.45, 2.75) is 43.1 Å². The predicted octanol–water partition coefficient (Wildman–Crippen LogP) is 3.93. The van der Waals surface area contributed by atoms with Crippen molar-refractivity contribution in [3.05, 3.63) is 65.2 Å². The van der Waals surface area contributed by atoms with Gasteiger partial charge in [-0.25, -0.2) is 4.68 Å². The molecule has 1 aromatic heterocycles. The van der Waals surface area contributed by atoms with E-state index in [-0.39, 0.29) is 17.2 Å². The van der Waals surface area contributed by atoms with Crippen LogP contribution in [0.15, 0.2) is 59.8 Å². The molecule has 1 amide bonds. The largest absolute Gasteiger partial charge is 0.353 e. The van der Waals surface area contributed by atoms with E-state index in [1.165, 1.54) is 22.0 Å². The zero-order chi connectivity index (χ0) is 20.8. The van der Waals surface area contributed by atoms with Crippen LogP contribution in [-0.2, 0) is 11.2 Å². The van der Waals surface area contributed by atoms with E-state index in [9.17, 15) is 4.79 Å². The summed E-state index contributed by atoms with van der Waals surface area (Å²) in [6, 6.07) is 17.5. The van der Waals surface area contributed by atoms with Gasteiger partial charge < -0.3 is 11.2 Å². The van der Waals surface area contributed by atoms with Gasteiger partial charge in [0.1, 0.15) is 0 Å². The van der Waals surface area contributed by atoms with Gasteiger partial charge in [0.05, 0.1) is 5.25 Å². The van der Waals surface area contributed by atoms with Gasteiger partial charge in [0, 0.05) is 16.6 Å². The van der Waals surface area contributed by atoms with Crippen LogP contribution in [0.2, 0.25) is 5.02 Å². The average molecular weight is 430 g/mol. The Bertz CT molecular complexity index is 945. The standard InChI is InChI=1S/C21H24ClN5OS/c1-14(8-9-16-6-4-3-5-7-16)24-20(28)15(2)29-21-26-25-19(27(21)23)17-10-12-18(22)13-11-17/h3-7,10-15H,8-9,23H2,1-2H3,(H,24,28)/t14-,15-/m1/s1. The molecule has 3 N–H and O–H groups in total. The summed E-state index contributed by atoms with van der Waals surface area (Å²) in [5.74, 6) is 6.61. The van der Waals surface area contributed by atoms with Gasteiger partial charge >= 0.3 is 0 Å². The number of hydrogen-bond donors (Lipinski definition) is 2. The number of aryl methyl sites for hydroxylation is 1. The van der Waals surface area contributed by atoms with Crippen molar-refractivity contribution in [3.63, 3.8) is 0 Å². The summed E-state index contributed by atoms with van der Waals surface area (Å²) >= 11 is 7.20. The van der Waals surface area contributed by atoms with Gasteiger partial charge in [-0.1, -0.05) is 53.7 Å². The maximum atomic E-state index is 12.5. The lowest BCUT2D eigenvalue weighted by molar-refractivity contribution is -0.120. The van der Waals surface area contributed by atoms with Gasteiger partial charge in [0.25, 0.3) is 0 Å². The van der Waals surface area contributed by atoms with Crippen LogP contribution in [0.5, 0.6) is 0 Å². The first-order valence-corrected chi connectivity index (χ1v) is 10.7. The Morgan fingerprint density at radius 3 is 2.52 bits per heavy atom. The number of amides is 1. The van der Waals surface area contributed by atoms with E-state index < -0.39 is 0 Å². The first kappa shape index (κ1) is 21.2. The number of thioether (sulfide) groups is 1. The smallest absolute Gasteiger partial charge is 0.233 e. The van der Waals surface area contributed by atoms with E-state index in [2.05, 4.69) is 27.6 Å². The summed E-state index contributed by atoms with van der Waals surface area (Å²) in [7, 11) is 0.